The molecule has 0 aromatic carbocycles. The number of rotatable bonds is 3. The lowest BCUT2D eigenvalue weighted by Gasteiger charge is -2.18. The van der Waals surface area contributed by atoms with Crippen LogP contribution in [0.3, 0.4) is 0 Å². The molecule has 4 nitrogen and oxygen atoms in total. The second-order valence-corrected chi connectivity index (χ2v) is 5.83. The summed E-state index contributed by atoms with van der Waals surface area (Å²) in [4.78, 5) is 4.85. The third-order valence-electron chi connectivity index (χ3n) is 4.00. The third-order valence-corrected chi connectivity index (χ3v) is 4.00. The molecule has 0 radical (unpaired) electrons. The first-order valence-corrected chi connectivity index (χ1v) is 7.46. The number of aryl methyl sites for hydroxylation is 2. The average molecular weight is 270 g/mol. The maximum atomic E-state index is 5.91. The van der Waals surface area contributed by atoms with E-state index < -0.39 is 0 Å². The summed E-state index contributed by atoms with van der Waals surface area (Å²) in [5.41, 5.74) is 10.7. The smallest absolute Gasteiger partial charge is 0.158 e. The van der Waals surface area contributed by atoms with Gasteiger partial charge in [-0.05, 0) is 49.3 Å². The van der Waals surface area contributed by atoms with Crippen molar-refractivity contribution < 1.29 is 0 Å². The molecule has 0 spiro atoms. The SMILES string of the molecule is CC(C)c1ccn(-c2nc3c(cc2CN)CCCC3)n1. The second kappa shape index (κ2) is 5.37. The van der Waals surface area contributed by atoms with Crippen molar-refractivity contribution in [3.63, 3.8) is 0 Å². The highest BCUT2D eigenvalue weighted by atomic mass is 15.3. The van der Waals surface area contributed by atoms with Crippen molar-refractivity contribution in [3.8, 4) is 5.82 Å². The Morgan fingerprint density at radius 2 is 2.10 bits per heavy atom. The zero-order valence-electron chi connectivity index (χ0n) is 12.3. The van der Waals surface area contributed by atoms with Crippen LogP contribution in [0, 0.1) is 0 Å². The van der Waals surface area contributed by atoms with Gasteiger partial charge in [-0.25, -0.2) is 9.67 Å². The largest absolute Gasteiger partial charge is 0.326 e. The number of hydrogen-bond donors (Lipinski definition) is 1. The molecule has 0 aliphatic heterocycles. The topological polar surface area (TPSA) is 56.7 Å². The van der Waals surface area contributed by atoms with Crippen molar-refractivity contribution in [3.05, 3.63) is 40.8 Å². The van der Waals surface area contributed by atoms with Gasteiger partial charge in [-0.1, -0.05) is 13.8 Å². The highest BCUT2D eigenvalue weighted by Crippen LogP contribution is 2.24. The van der Waals surface area contributed by atoms with Crippen LogP contribution in [0.5, 0.6) is 0 Å². The monoisotopic (exact) mass is 270 g/mol. The molecule has 2 aromatic rings. The number of pyridine rings is 1. The molecule has 1 aliphatic carbocycles. The maximum absolute atomic E-state index is 5.91. The Kier molecular flexibility index (Phi) is 3.57. The van der Waals surface area contributed by atoms with Gasteiger partial charge in [0.1, 0.15) is 0 Å². The number of aromatic nitrogens is 3. The molecule has 20 heavy (non-hydrogen) atoms. The number of hydrogen-bond acceptors (Lipinski definition) is 3. The molecule has 1 aliphatic rings. The van der Waals surface area contributed by atoms with Crippen LogP contribution >= 0.6 is 0 Å². The van der Waals surface area contributed by atoms with Crippen LogP contribution in [0.1, 0.15) is 55.1 Å². The molecule has 0 atom stereocenters. The van der Waals surface area contributed by atoms with Gasteiger partial charge in [-0.2, -0.15) is 5.10 Å². The van der Waals surface area contributed by atoms with Crippen LogP contribution in [0.2, 0.25) is 0 Å². The van der Waals surface area contributed by atoms with E-state index in [4.69, 9.17) is 10.7 Å². The van der Waals surface area contributed by atoms with Gasteiger partial charge in [-0.3, -0.25) is 0 Å². The summed E-state index contributed by atoms with van der Waals surface area (Å²) in [7, 11) is 0. The van der Waals surface area contributed by atoms with Crippen molar-refractivity contribution >= 4 is 0 Å². The molecule has 0 unspecified atom stereocenters. The summed E-state index contributed by atoms with van der Waals surface area (Å²) in [5, 5.41) is 4.64. The Balaban J connectivity index is 2.06. The van der Waals surface area contributed by atoms with Crippen LogP contribution in [-0.2, 0) is 19.4 Å². The van der Waals surface area contributed by atoms with Crippen molar-refractivity contribution in [1.29, 1.82) is 0 Å². The lowest BCUT2D eigenvalue weighted by atomic mass is 9.95. The van der Waals surface area contributed by atoms with Crippen molar-refractivity contribution in [2.45, 2.75) is 52.0 Å². The maximum Gasteiger partial charge on any atom is 0.158 e. The van der Waals surface area contributed by atoms with E-state index in [0.717, 1.165) is 29.9 Å². The normalized spacial score (nSPS) is 14.6. The standard InChI is InChI=1S/C16H22N4/c1-11(2)14-7-8-20(19-14)16-13(10-17)9-12-5-3-4-6-15(12)18-16/h7-9,11H,3-6,10,17H2,1-2H3. The minimum atomic E-state index is 0.426. The van der Waals surface area contributed by atoms with Gasteiger partial charge in [0.25, 0.3) is 0 Å². The quantitative estimate of drug-likeness (QED) is 0.933. The average Bonchev–Trinajstić information content (AvgIpc) is 2.95. The Bertz CT molecular complexity index is 613. The van der Waals surface area contributed by atoms with Crippen molar-refractivity contribution in [1.82, 2.24) is 14.8 Å². The summed E-state index contributed by atoms with van der Waals surface area (Å²) in [6, 6.07) is 4.29. The molecule has 2 aromatic heterocycles. The van der Waals surface area contributed by atoms with Crippen molar-refractivity contribution in [2.75, 3.05) is 0 Å². The van der Waals surface area contributed by atoms with Gasteiger partial charge in [0.15, 0.2) is 5.82 Å². The summed E-state index contributed by atoms with van der Waals surface area (Å²) in [6.45, 7) is 4.81. The molecule has 0 bridgehead atoms. The van der Waals surface area contributed by atoms with Gasteiger partial charge in [0.05, 0.1) is 5.69 Å². The van der Waals surface area contributed by atoms with Gasteiger partial charge < -0.3 is 5.73 Å². The Labute approximate surface area is 120 Å². The molecule has 0 saturated heterocycles. The molecular weight excluding hydrogens is 248 g/mol. The summed E-state index contributed by atoms with van der Waals surface area (Å²) >= 11 is 0. The summed E-state index contributed by atoms with van der Waals surface area (Å²) in [5.74, 6) is 1.33. The van der Waals surface area contributed by atoms with E-state index in [-0.39, 0.29) is 0 Å². The fourth-order valence-corrected chi connectivity index (χ4v) is 2.78. The van der Waals surface area contributed by atoms with Gasteiger partial charge in [-0.15, -0.1) is 0 Å². The molecule has 3 rings (SSSR count). The van der Waals surface area contributed by atoms with E-state index >= 15 is 0 Å². The van der Waals surface area contributed by atoms with Gasteiger partial charge >= 0.3 is 0 Å². The van der Waals surface area contributed by atoms with E-state index in [0.29, 0.717) is 12.5 Å². The Hall–Kier alpha value is -1.68. The highest BCUT2D eigenvalue weighted by molar-refractivity contribution is 5.40. The van der Waals surface area contributed by atoms with E-state index in [1.165, 1.54) is 24.1 Å². The lowest BCUT2D eigenvalue weighted by Crippen LogP contribution is -2.14. The van der Waals surface area contributed by atoms with Crippen LogP contribution in [0.25, 0.3) is 5.82 Å². The first-order chi connectivity index (χ1) is 9.69. The fourth-order valence-electron chi connectivity index (χ4n) is 2.78. The number of fused-ring (bicyclic) bond motifs is 1. The van der Waals surface area contributed by atoms with Crippen LogP contribution in [-0.4, -0.2) is 14.8 Å². The number of nitrogens with zero attached hydrogens (tertiary/aromatic N) is 3. The van der Waals surface area contributed by atoms with Crippen LogP contribution < -0.4 is 5.73 Å². The Morgan fingerprint density at radius 1 is 1.30 bits per heavy atom. The highest BCUT2D eigenvalue weighted by Gasteiger charge is 2.16. The lowest BCUT2D eigenvalue weighted by molar-refractivity contribution is 0.656. The van der Waals surface area contributed by atoms with Gasteiger partial charge in [0.2, 0.25) is 0 Å². The molecule has 0 saturated carbocycles. The molecule has 106 valence electrons. The van der Waals surface area contributed by atoms with E-state index in [1.54, 1.807) is 0 Å². The molecule has 0 amide bonds. The number of nitrogens with two attached hydrogens (primary N) is 1. The summed E-state index contributed by atoms with van der Waals surface area (Å²) < 4.78 is 1.88. The molecule has 2 N–H and O–H groups in total. The zero-order chi connectivity index (χ0) is 14.1. The Morgan fingerprint density at radius 3 is 2.80 bits per heavy atom. The predicted molar refractivity (Wildman–Crippen MR) is 80.0 cm³/mol. The second-order valence-electron chi connectivity index (χ2n) is 5.83. The van der Waals surface area contributed by atoms with Crippen LogP contribution in [0.4, 0.5) is 0 Å². The first kappa shape index (κ1) is 13.3. The minimum Gasteiger partial charge on any atom is -0.326 e. The van der Waals surface area contributed by atoms with Gasteiger partial charge in [0, 0.05) is 24.0 Å². The summed E-state index contributed by atoms with van der Waals surface area (Å²) in [6.07, 6.45) is 6.69. The third kappa shape index (κ3) is 2.36. The molecular formula is C16H22N4. The van der Waals surface area contributed by atoms with E-state index in [2.05, 4.69) is 31.1 Å². The minimum absolute atomic E-state index is 0.426. The van der Waals surface area contributed by atoms with E-state index in [1.807, 2.05) is 10.9 Å². The zero-order valence-corrected chi connectivity index (χ0v) is 12.3. The fraction of sp³-hybridized carbons (Fsp3) is 0.500. The molecule has 4 heteroatoms. The predicted octanol–water partition coefficient (Wildman–Crippen LogP) is 2.73. The van der Waals surface area contributed by atoms with Crippen molar-refractivity contribution in [2.24, 2.45) is 5.73 Å². The first-order valence-electron chi connectivity index (χ1n) is 7.46. The van der Waals surface area contributed by atoms with Crippen LogP contribution in [0.15, 0.2) is 18.3 Å². The van der Waals surface area contributed by atoms with E-state index in [9.17, 15) is 0 Å². The molecule has 2 heterocycles. The molecule has 0 fully saturated rings.